The highest BCUT2D eigenvalue weighted by atomic mass is 32.2. The smallest absolute Gasteiger partial charge is 0.119 e. The van der Waals surface area contributed by atoms with Crippen molar-refractivity contribution in [2.45, 2.75) is 11.8 Å². The van der Waals surface area contributed by atoms with E-state index in [-0.39, 0.29) is 0 Å². The van der Waals surface area contributed by atoms with Gasteiger partial charge in [-0.3, -0.25) is 0 Å². The third-order valence-corrected chi connectivity index (χ3v) is 3.77. The zero-order chi connectivity index (χ0) is 14.4. The zero-order valence-electron chi connectivity index (χ0n) is 11.7. The van der Waals surface area contributed by atoms with E-state index in [4.69, 9.17) is 4.74 Å². The third-order valence-electron chi connectivity index (χ3n) is 2.63. The quantitative estimate of drug-likeness (QED) is 0.442. The highest BCUT2D eigenvalue weighted by Crippen LogP contribution is 2.26. The number of rotatable bonds is 4. The van der Waals surface area contributed by atoms with Gasteiger partial charge in [0.2, 0.25) is 0 Å². The molecule has 0 saturated carbocycles. The van der Waals surface area contributed by atoms with E-state index in [9.17, 15) is 0 Å². The Morgan fingerprint density at radius 3 is 2.25 bits per heavy atom. The Morgan fingerprint density at radius 2 is 1.70 bits per heavy atom. The summed E-state index contributed by atoms with van der Waals surface area (Å²) in [5.74, 6) is 0.830. The average Bonchev–Trinajstić information content (AvgIpc) is 2.48. The number of hydrogen-bond donors (Lipinski definition) is 0. The molecule has 2 aromatic rings. The molecule has 0 bridgehead atoms. The molecule has 0 radical (unpaired) electrons. The van der Waals surface area contributed by atoms with Gasteiger partial charge in [0.15, 0.2) is 0 Å². The molecule has 0 N–H and O–H groups in total. The van der Waals surface area contributed by atoms with E-state index >= 15 is 0 Å². The Balaban J connectivity index is 2.23. The van der Waals surface area contributed by atoms with Crippen LogP contribution in [0.5, 0.6) is 5.75 Å². The van der Waals surface area contributed by atoms with Crippen LogP contribution in [0, 0.1) is 0 Å². The van der Waals surface area contributed by atoms with Crippen LogP contribution in [0.4, 0.5) is 5.69 Å². The van der Waals surface area contributed by atoms with Crippen LogP contribution in [-0.4, -0.2) is 12.2 Å². The molecule has 20 heavy (non-hydrogen) atoms. The van der Waals surface area contributed by atoms with Gasteiger partial charge in [0.1, 0.15) is 10.8 Å². The molecule has 0 aliphatic rings. The van der Waals surface area contributed by atoms with Crippen molar-refractivity contribution in [2.24, 2.45) is 4.99 Å². The number of benzene rings is 2. The molecule has 0 fully saturated rings. The molecule has 2 aromatic carbocycles. The van der Waals surface area contributed by atoms with Crippen LogP contribution in [0.1, 0.15) is 6.92 Å². The third kappa shape index (κ3) is 4.00. The fourth-order valence-corrected chi connectivity index (χ4v) is 2.42. The molecule has 2 rings (SSSR count). The monoisotopic (exact) mass is 283 g/mol. The van der Waals surface area contributed by atoms with Gasteiger partial charge in [-0.25, -0.2) is 4.99 Å². The molecule has 0 aliphatic carbocycles. The van der Waals surface area contributed by atoms with Gasteiger partial charge >= 0.3 is 0 Å². The van der Waals surface area contributed by atoms with Crippen molar-refractivity contribution in [1.29, 1.82) is 0 Å². The summed E-state index contributed by atoms with van der Waals surface area (Å²) in [5.41, 5.74) is 1.85. The van der Waals surface area contributed by atoms with Crippen LogP contribution in [-0.2, 0) is 0 Å². The van der Waals surface area contributed by atoms with Crippen LogP contribution in [0.2, 0.25) is 0 Å². The second kappa shape index (κ2) is 6.96. The van der Waals surface area contributed by atoms with Crippen LogP contribution in [0.3, 0.4) is 0 Å². The lowest BCUT2D eigenvalue weighted by Gasteiger charge is -2.06. The summed E-state index contributed by atoms with van der Waals surface area (Å²) in [4.78, 5) is 5.81. The summed E-state index contributed by atoms with van der Waals surface area (Å²) >= 11 is 1.62. The van der Waals surface area contributed by atoms with E-state index in [0.717, 1.165) is 26.9 Å². The molecule has 0 spiro atoms. The Morgan fingerprint density at radius 1 is 1.05 bits per heavy atom. The minimum atomic E-state index is 0.830. The van der Waals surface area contributed by atoms with E-state index in [1.165, 1.54) is 0 Å². The summed E-state index contributed by atoms with van der Waals surface area (Å²) in [6.45, 7) is 5.98. The van der Waals surface area contributed by atoms with Crippen molar-refractivity contribution in [3.8, 4) is 5.75 Å². The van der Waals surface area contributed by atoms with Gasteiger partial charge in [0.05, 0.1) is 12.8 Å². The van der Waals surface area contributed by atoms with Crippen molar-refractivity contribution >= 4 is 22.5 Å². The highest BCUT2D eigenvalue weighted by Gasteiger charge is 2.04. The van der Waals surface area contributed by atoms with E-state index in [1.807, 2.05) is 49.4 Å². The Kier molecular flexibility index (Phi) is 5.02. The molecule has 0 atom stereocenters. The van der Waals surface area contributed by atoms with Gasteiger partial charge in [-0.2, -0.15) is 0 Å². The van der Waals surface area contributed by atoms with Gasteiger partial charge in [0.25, 0.3) is 0 Å². The molecule has 0 aromatic heterocycles. The fraction of sp³-hybridized carbons (Fsp3) is 0.118. The van der Waals surface area contributed by atoms with Crippen LogP contribution >= 0.6 is 11.8 Å². The number of nitrogens with zero attached hydrogens (tertiary/aromatic N) is 1. The molecule has 0 amide bonds. The minimum Gasteiger partial charge on any atom is -0.497 e. The van der Waals surface area contributed by atoms with Gasteiger partial charge in [-0.05, 0) is 48.9 Å². The molecule has 102 valence electrons. The Labute approximate surface area is 124 Å². The number of hydrogen-bond acceptors (Lipinski definition) is 3. The molecule has 0 unspecified atom stereocenters. The van der Waals surface area contributed by atoms with Gasteiger partial charge in [-0.1, -0.05) is 36.5 Å². The molecule has 2 nitrogen and oxygen atoms in total. The summed E-state index contributed by atoms with van der Waals surface area (Å²) in [7, 11) is 1.66. The lowest BCUT2D eigenvalue weighted by molar-refractivity contribution is 0.415. The number of methoxy groups -OCH3 is 1. The number of aliphatic imine (C=N–C) groups is 1. The van der Waals surface area contributed by atoms with E-state index in [1.54, 1.807) is 18.9 Å². The normalized spacial score (nSPS) is 11.2. The maximum absolute atomic E-state index is 5.15. The molecular formula is C17H17NOS. The van der Waals surface area contributed by atoms with Crippen molar-refractivity contribution in [2.75, 3.05) is 7.11 Å². The van der Waals surface area contributed by atoms with Crippen molar-refractivity contribution < 1.29 is 4.74 Å². The molecule has 0 heterocycles. The maximum atomic E-state index is 5.15. The second-order valence-corrected chi connectivity index (χ2v) is 5.37. The van der Waals surface area contributed by atoms with E-state index < -0.39 is 0 Å². The summed E-state index contributed by atoms with van der Waals surface area (Å²) in [6.07, 6.45) is 0. The maximum Gasteiger partial charge on any atom is 0.119 e. The van der Waals surface area contributed by atoms with Crippen molar-refractivity contribution in [3.63, 3.8) is 0 Å². The molecular weight excluding hydrogens is 266 g/mol. The summed E-state index contributed by atoms with van der Waals surface area (Å²) in [6, 6.07) is 17.9. The Bertz CT molecular complexity index is 603. The van der Waals surface area contributed by atoms with Crippen LogP contribution in [0.15, 0.2) is 76.6 Å². The summed E-state index contributed by atoms with van der Waals surface area (Å²) < 4.78 is 5.15. The van der Waals surface area contributed by atoms with Crippen LogP contribution < -0.4 is 4.74 Å². The molecule has 0 saturated heterocycles. The minimum absolute atomic E-state index is 0.830. The SMILES string of the molecule is C=C(C)C(=Nc1ccc(OC)cc1)Sc1ccccc1. The molecule has 0 aliphatic heterocycles. The topological polar surface area (TPSA) is 21.6 Å². The summed E-state index contributed by atoms with van der Waals surface area (Å²) in [5, 5.41) is 0.918. The fourth-order valence-electron chi connectivity index (χ4n) is 1.58. The number of thioether (sulfide) groups is 1. The van der Waals surface area contributed by atoms with Crippen LogP contribution in [0.25, 0.3) is 0 Å². The van der Waals surface area contributed by atoms with E-state index in [2.05, 4.69) is 23.7 Å². The first kappa shape index (κ1) is 14.4. The van der Waals surface area contributed by atoms with Gasteiger partial charge in [-0.15, -0.1) is 0 Å². The predicted molar refractivity (Wildman–Crippen MR) is 87.2 cm³/mol. The average molecular weight is 283 g/mol. The highest BCUT2D eigenvalue weighted by molar-refractivity contribution is 8.14. The largest absolute Gasteiger partial charge is 0.497 e. The van der Waals surface area contributed by atoms with Gasteiger partial charge < -0.3 is 4.74 Å². The lowest BCUT2D eigenvalue weighted by atomic mass is 10.3. The van der Waals surface area contributed by atoms with Crippen molar-refractivity contribution in [3.05, 3.63) is 66.7 Å². The standard InChI is InChI=1S/C17H17NOS/c1-13(2)17(20-16-7-5-4-6-8-16)18-14-9-11-15(19-3)12-10-14/h4-12H,1H2,2-3H3. The van der Waals surface area contributed by atoms with Gasteiger partial charge in [0, 0.05) is 4.90 Å². The second-order valence-electron chi connectivity index (χ2n) is 4.31. The lowest BCUT2D eigenvalue weighted by Crippen LogP contribution is -1.92. The van der Waals surface area contributed by atoms with E-state index in [0.29, 0.717) is 0 Å². The Hall–Kier alpha value is -2.00. The zero-order valence-corrected chi connectivity index (χ0v) is 12.5. The predicted octanol–water partition coefficient (Wildman–Crippen LogP) is 5.09. The first-order valence-electron chi connectivity index (χ1n) is 6.30. The first-order chi connectivity index (χ1) is 9.69. The molecule has 3 heteroatoms. The number of ether oxygens (including phenoxy) is 1. The first-order valence-corrected chi connectivity index (χ1v) is 7.12. The van der Waals surface area contributed by atoms with Crippen molar-refractivity contribution in [1.82, 2.24) is 0 Å².